The van der Waals surface area contributed by atoms with Crippen molar-refractivity contribution >= 4 is 11.5 Å². The van der Waals surface area contributed by atoms with Crippen LogP contribution >= 0.6 is 0 Å². The summed E-state index contributed by atoms with van der Waals surface area (Å²) in [5, 5.41) is 3.15. The summed E-state index contributed by atoms with van der Waals surface area (Å²) in [5.41, 5.74) is 2.26. The maximum absolute atomic E-state index is 11.3. The minimum absolute atomic E-state index is 0.307. The molecule has 0 unspecified atom stereocenters. The van der Waals surface area contributed by atoms with Crippen LogP contribution in [0.5, 0.6) is 0 Å². The van der Waals surface area contributed by atoms with Crippen molar-refractivity contribution in [2.45, 2.75) is 13.8 Å². The maximum atomic E-state index is 11.3. The second-order valence-corrected chi connectivity index (χ2v) is 3.86. The van der Waals surface area contributed by atoms with Gasteiger partial charge in [0.2, 0.25) is 5.78 Å². The zero-order valence-electron chi connectivity index (χ0n) is 9.58. The standard InChI is InChI=1S/C14H15NO/c1-5-14(16)12-7-6-8-13(9-12)15-11(4)10(2)3/h1,6-10,15H,4H2,2-3H3. The van der Waals surface area contributed by atoms with Crippen LogP contribution < -0.4 is 5.32 Å². The fourth-order valence-electron chi connectivity index (χ4n) is 1.15. The molecule has 0 saturated heterocycles. The van der Waals surface area contributed by atoms with Crippen LogP contribution in [-0.2, 0) is 0 Å². The zero-order chi connectivity index (χ0) is 12.1. The average Bonchev–Trinajstić information content (AvgIpc) is 2.28. The van der Waals surface area contributed by atoms with Crippen LogP contribution in [0.3, 0.4) is 0 Å². The van der Waals surface area contributed by atoms with Crippen molar-refractivity contribution in [1.29, 1.82) is 0 Å². The Labute approximate surface area is 96.4 Å². The molecule has 1 aromatic carbocycles. The van der Waals surface area contributed by atoms with Gasteiger partial charge in [0.25, 0.3) is 0 Å². The Kier molecular flexibility index (Phi) is 3.90. The summed E-state index contributed by atoms with van der Waals surface area (Å²) >= 11 is 0. The van der Waals surface area contributed by atoms with Gasteiger partial charge >= 0.3 is 0 Å². The van der Waals surface area contributed by atoms with Crippen molar-refractivity contribution in [2.75, 3.05) is 5.32 Å². The molecule has 0 saturated carbocycles. The number of rotatable bonds is 4. The van der Waals surface area contributed by atoms with Crippen LogP contribution in [0.1, 0.15) is 24.2 Å². The molecule has 0 aliphatic carbocycles. The minimum Gasteiger partial charge on any atom is -0.359 e. The van der Waals surface area contributed by atoms with Crippen LogP contribution in [-0.4, -0.2) is 5.78 Å². The molecule has 0 radical (unpaired) electrons. The third kappa shape index (κ3) is 2.99. The van der Waals surface area contributed by atoms with E-state index in [0.29, 0.717) is 11.5 Å². The summed E-state index contributed by atoms with van der Waals surface area (Å²) in [4.78, 5) is 11.3. The highest BCUT2D eigenvalue weighted by atomic mass is 16.1. The first-order chi connectivity index (χ1) is 7.54. The van der Waals surface area contributed by atoms with E-state index in [-0.39, 0.29) is 5.78 Å². The van der Waals surface area contributed by atoms with Crippen LogP contribution in [0, 0.1) is 18.3 Å². The lowest BCUT2D eigenvalue weighted by Crippen LogP contribution is -2.05. The Morgan fingerprint density at radius 3 is 2.75 bits per heavy atom. The first-order valence-corrected chi connectivity index (χ1v) is 5.11. The van der Waals surface area contributed by atoms with Crippen molar-refractivity contribution in [3.63, 3.8) is 0 Å². The van der Waals surface area contributed by atoms with Crippen molar-refractivity contribution in [2.24, 2.45) is 5.92 Å². The lowest BCUT2D eigenvalue weighted by molar-refractivity contribution is 0.105. The van der Waals surface area contributed by atoms with Gasteiger partial charge in [-0.15, -0.1) is 6.42 Å². The van der Waals surface area contributed by atoms with E-state index in [4.69, 9.17) is 6.42 Å². The van der Waals surface area contributed by atoms with Crippen LogP contribution in [0.2, 0.25) is 0 Å². The molecular weight excluding hydrogens is 198 g/mol. The van der Waals surface area contributed by atoms with Gasteiger partial charge in [0.1, 0.15) is 0 Å². The molecule has 0 atom stereocenters. The molecule has 0 fully saturated rings. The van der Waals surface area contributed by atoms with Gasteiger partial charge in [0, 0.05) is 16.9 Å². The normalized spacial score (nSPS) is 9.62. The Balaban J connectivity index is 2.88. The van der Waals surface area contributed by atoms with Crippen molar-refractivity contribution < 1.29 is 4.79 Å². The number of hydrogen-bond acceptors (Lipinski definition) is 2. The molecule has 0 aliphatic rings. The summed E-state index contributed by atoms with van der Waals surface area (Å²) in [6, 6.07) is 7.10. The number of carbonyl (C=O) groups excluding carboxylic acids is 1. The molecule has 1 N–H and O–H groups in total. The second kappa shape index (κ2) is 5.18. The van der Waals surface area contributed by atoms with Gasteiger partial charge in [-0.25, -0.2) is 0 Å². The predicted molar refractivity (Wildman–Crippen MR) is 67.2 cm³/mol. The molecular formula is C14H15NO. The number of Topliss-reactive ketones (excluding diaryl/α,β-unsaturated/α-hetero) is 1. The Morgan fingerprint density at radius 2 is 2.19 bits per heavy atom. The van der Waals surface area contributed by atoms with Crippen molar-refractivity contribution in [1.82, 2.24) is 0 Å². The van der Waals surface area contributed by atoms with E-state index in [1.54, 1.807) is 18.2 Å². The Morgan fingerprint density at radius 1 is 1.50 bits per heavy atom. The summed E-state index contributed by atoms with van der Waals surface area (Å²) in [7, 11) is 0. The highest BCUT2D eigenvalue weighted by molar-refractivity contribution is 6.09. The van der Waals surface area contributed by atoms with E-state index in [0.717, 1.165) is 11.4 Å². The van der Waals surface area contributed by atoms with Crippen LogP contribution in [0.25, 0.3) is 0 Å². The van der Waals surface area contributed by atoms with E-state index < -0.39 is 0 Å². The SMILES string of the molecule is C#CC(=O)c1cccc(NC(=C)C(C)C)c1. The molecule has 16 heavy (non-hydrogen) atoms. The van der Waals surface area contributed by atoms with Gasteiger partial charge in [-0.05, 0) is 24.0 Å². The van der Waals surface area contributed by atoms with Gasteiger partial charge in [-0.1, -0.05) is 32.6 Å². The topological polar surface area (TPSA) is 29.1 Å². The molecule has 0 bridgehead atoms. The summed E-state index contributed by atoms with van der Waals surface area (Å²) in [6.07, 6.45) is 5.07. The number of allylic oxidation sites excluding steroid dienone is 1. The highest BCUT2D eigenvalue weighted by Crippen LogP contribution is 2.16. The molecule has 0 spiro atoms. The van der Waals surface area contributed by atoms with Gasteiger partial charge < -0.3 is 5.32 Å². The summed E-state index contributed by atoms with van der Waals surface area (Å²) in [5.74, 6) is 2.13. The van der Waals surface area contributed by atoms with Crippen molar-refractivity contribution in [3.05, 3.63) is 42.1 Å². The van der Waals surface area contributed by atoms with Gasteiger partial charge in [0.05, 0.1) is 0 Å². The molecule has 1 rings (SSSR count). The number of nitrogens with one attached hydrogen (secondary N) is 1. The van der Waals surface area contributed by atoms with Gasteiger partial charge in [-0.2, -0.15) is 0 Å². The van der Waals surface area contributed by atoms with Crippen molar-refractivity contribution in [3.8, 4) is 12.3 Å². The van der Waals surface area contributed by atoms with E-state index >= 15 is 0 Å². The number of anilines is 1. The Hall–Kier alpha value is -2.01. The lowest BCUT2D eigenvalue weighted by atomic mass is 10.1. The van der Waals surface area contributed by atoms with E-state index in [2.05, 4.69) is 17.8 Å². The van der Waals surface area contributed by atoms with E-state index in [1.165, 1.54) is 0 Å². The summed E-state index contributed by atoms with van der Waals surface area (Å²) in [6.45, 7) is 8.00. The summed E-state index contributed by atoms with van der Waals surface area (Å²) < 4.78 is 0. The third-order valence-electron chi connectivity index (χ3n) is 2.26. The molecule has 0 amide bonds. The maximum Gasteiger partial charge on any atom is 0.235 e. The predicted octanol–water partition coefficient (Wildman–Crippen LogP) is 3.08. The third-order valence-corrected chi connectivity index (χ3v) is 2.26. The van der Waals surface area contributed by atoms with E-state index in [1.807, 2.05) is 19.9 Å². The largest absolute Gasteiger partial charge is 0.359 e. The quantitative estimate of drug-likeness (QED) is 0.473. The first-order valence-electron chi connectivity index (χ1n) is 5.11. The van der Waals surface area contributed by atoms with E-state index in [9.17, 15) is 4.79 Å². The number of carbonyl (C=O) groups is 1. The molecule has 82 valence electrons. The number of ketones is 1. The van der Waals surface area contributed by atoms with Crippen LogP contribution in [0.4, 0.5) is 5.69 Å². The number of hydrogen-bond donors (Lipinski definition) is 1. The van der Waals surface area contributed by atoms with Crippen LogP contribution in [0.15, 0.2) is 36.5 Å². The molecule has 0 aromatic heterocycles. The zero-order valence-corrected chi connectivity index (χ0v) is 9.58. The molecule has 0 aliphatic heterocycles. The molecule has 2 heteroatoms. The lowest BCUT2D eigenvalue weighted by Gasteiger charge is -2.12. The fourth-order valence-corrected chi connectivity index (χ4v) is 1.15. The smallest absolute Gasteiger partial charge is 0.235 e. The monoisotopic (exact) mass is 213 g/mol. The van der Waals surface area contributed by atoms with Gasteiger partial charge in [0.15, 0.2) is 0 Å². The molecule has 2 nitrogen and oxygen atoms in total. The highest BCUT2D eigenvalue weighted by Gasteiger charge is 2.04. The minimum atomic E-state index is -0.307. The fraction of sp³-hybridized carbons (Fsp3) is 0.214. The molecule has 1 aromatic rings. The second-order valence-electron chi connectivity index (χ2n) is 3.86. The number of terminal acetylenes is 1. The number of benzene rings is 1. The first kappa shape index (κ1) is 12.1. The molecule has 0 heterocycles. The van der Waals surface area contributed by atoms with Gasteiger partial charge in [-0.3, -0.25) is 4.79 Å². The Bertz CT molecular complexity index is 452. The average molecular weight is 213 g/mol.